The summed E-state index contributed by atoms with van der Waals surface area (Å²) in [5, 5.41) is 2.82. The lowest BCUT2D eigenvalue weighted by molar-refractivity contribution is 0.0774. The second-order valence-electron chi connectivity index (χ2n) is 5.18. The number of anilines is 1. The normalized spacial score (nSPS) is 10.1. The molecule has 0 saturated carbocycles. The highest BCUT2D eigenvalue weighted by atomic mass is 16.5. The van der Waals surface area contributed by atoms with Gasteiger partial charge in [0.05, 0.1) is 23.9 Å². The van der Waals surface area contributed by atoms with Crippen LogP contribution in [0.4, 0.5) is 5.69 Å². The van der Waals surface area contributed by atoms with Crippen LogP contribution >= 0.6 is 0 Å². The number of amides is 2. The first-order chi connectivity index (χ1) is 11.6. The molecule has 0 fully saturated rings. The Bertz CT molecular complexity index is 724. The van der Waals surface area contributed by atoms with E-state index in [2.05, 4.69) is 5.32 Å². The van der Waals surface area contributed by atoms with Gasteiger partial charge in [-0.1, -0.05) is 24.3 Å². The first-order valence-electron chi connectivity index (χ1n) is 7.95. The highest BCUT2D eigenvalue weighted by molar-refractivity contribution is 6.10. The summed E-state index contributed by atoms with van der Waals surface area (Å²) in [7, 11) is 1.52. The largest absolute Gasteiger partial charge is 0.496 e. The molecular formula is C19H22N2O3. The van der Waals surface area contributed by atoms with Gasteiger partial charge in [-0.25, -0.2) is 0 Å². The number of methoxy groups -OCH3 is 1. The molecule has 2 aromatic rings. The Balaban J connectivity index is 2.30. The van der Waals surface area contributed by atoms with Crippen LogP contribution in [0.2, 0.25) is 0 Å². The van der Waals surface area contributed by atoms with Crippen LogP contribution < -0.4 is 10.1 Å². The molecular weight excluding hydrogens is 304 g/mol. The fourth-order valence-corrected chi connectivity index (χ4v) is 2.48. The van der Waals surface area contributed by atoms with Crippen LogP contribution in [0.25, 0.3) is 0 Å². The molecule has 0 radical (unpaired) electrons. The molecule has 0 atom stereocenters. The summed E-state index contributed by atoms with van der Waals surface area (Å²) in [5.74, 6) is 0.0747. The maximum absolute atomic E-state index is 12.6. The average molecular weight is 326 g/mol. The summed E-state index contributed by atoms with van der Waals surface area (Å²) in [6.07, 6.45) is 0. The molecule has 126 valence electrons. The van der Waals surface area contributed by atoms with Gasteiger partial charge in [-0.3, -0.25) is 9.59 Å². The minimum Gasteiger partial charge on any atom is -0.496 e. The lowest BCUT2D eigenvalue weighted by Crippen LogP contribution is -2.31. The van der Waals surface area contributed by atoms with Crippen LogP contribution in [0.1, 0.15) is 34.6 Å². The van der Waals surface area contributed by atoms with Crippen molar-refractivity contribution in [3.63, 3.8) is 0 Å². The first kappa shape index (κ1) is 17.5. The Morgan fingerprint density at radius 1 is 0.958 bits per heavy atom. The van der Waals surface area contributed by atoms with Crippen LogP contribution in [0.15, 0.2) is 48.5 Å². The number of carbonyl (C=O) groups excluding carboxylic acids is 2. The Kier molecular flexibility index (Phi) is 5.95. The third-order valence-electron chi connectivity index (χ3n) is 3.81. The second-order valence-corrected chi connectivity index (χ2v) is 5.18. The van der Waals surface area contributed by atoms with E-state index >= 15 is 0 Å². The van der Waals surface area contributed by atoms with Crippen molar-refractivity contribution in [1.29, 1.82) is 0 Å². The number of benzene rings is 2. The van der Waals surface area contributed by atoms with Gasteiger partial charge in [0.25, 0.3) is 11.8 Å². The zero-order valence-electron chi connectivity index (χ0n) is 14.2. The Morgan fingerprint density at radius 2 is 1.54 bits per heavy atom. The molecule has 5 nitrogen and oxygen atoms in total. The van der Waals surface area contributed by atoms with Gasteiger partial charge in [-0.2, -0.15) is 0 Å². The van der Waals surface area contributed by atoms with E-state index in [1.54, 1.807) is 53.4 Å². The Morgan fingerprint density at radius 3 is 2.17 bits per heavy atom. The van der Waals surface area contributed by atoms with Gasteiger partial charge in [0.15, 0.2) is 0 Å². The van der Waals surface area contributed by atoms with Crippen LogP contribution in [0.3, 0.4) is 0 Å². The van der Waals surface area contributed by atoms with Gasteiger partial charge in [0, 0.05) is 13.1 Å². The van der Waals surface area contributed by atoms with Gasteiger partial charge in [-0.15, -0.1) is 0 Å². The quantitative estimate of drug-likeness (QED) is 0.885. The summed E-state index contributed by atoms with van der Waals surface area (Å²) >= 11 is 0. The number of nitrogens with zero attached hydrogens (tertiary/aromatic N) is 1. The average Bonchev–Trinajstić information content (AvgIpc) is 2.63. The lowest BCUT2D eigenvalue weighted by Gasteiger charge is -2.20. The summed E-state index contributed by atoms with van der Waals surface area (Å²) in [6, 6.07) is 14.0. The number of carbonyl (C=O) groups is 2. The molecule has 2 amide bonds. The molecule has 0 aliphatic heterocycles. The third kappa shape index (κ3) is 3.74. The maximum Gasteiger partial charge on any atom is 0.259 e. The molecule has 0 aromatic heterocycles. The van der Waals surface area contributed by atoms with Crippen molar-refractivity contribution in [2.45, 2.75) is 13.8 Å². The van der Waals surface area contributed by atoms with E-state index in [4.69, 9.17) is 4.74 Å². The fraction of sp³-hybridized carbons (Fsp3) is 0.263. The monoisotopic (exact) mass is 326 g/mol. The first-order valence-corrected chi connectivity index (χ1v) is 7.95. The zero-order chi connectivity index (χ0) is 17.5. The highest BCUT2D eigenvalue weighted by Gasteiger charge is 2.19. The van der Waals surface area contributed by atoms with Crippen molar-refractivity contribution in [2.24, 2.45) is 0 Å². The standard InChI is InChI=1S/C19H22N2O3/c1-4-21(5-2)19(23)14-10-6-8-12-16(14)20-18(22)15-11-7-9-13-17(15)24-3/h6-13H,4-5H2,1-3H3,(H,20,22). The highest BCUT2D eigenvalue weighted by Crippen LogP contribution is 2.22. The van der Waals surface area contributed by atoms with Crippen molar-refractivity contribution < 1.29 is 14.3 Å². The third-order valence-corrected chi connectivity index (χ3v) is 3.81. The van der Waals surface area contributed by atoms with E-state index in [1.807, 2.05) is 13.8 Å². The van der Waals surface area contributed by atoms with E-state index in [0.717, 1.165) is 0 Å². The van der Waals surface area contributed by atoms with Crippen LogP contribution in [-0.2, 0) is 0 Å². The topological polar surface area (TPSA) is 58.6 Å². The van der Waals surface area contributed by atoms with Crippen molar-refractivity contribution in [3.05, 3.63) is 59.7 Å². The molecule has 24 heavy (non-hydrogen) atoms. The minimum atomic E-state index is -0.313. The Labute approximate surface area is 142 Å². The van der Waals surface area contributed by atoms with Crippen LogP contribution in [0, 0.1) is 0 Å². The second kappa shape index (κ2) is 8.15. The number of hydrogen-bond acceptors (Lipinski definition) is 3. The van der Waals surface area contributed by atoms with Gasteiger partial charge in [0.2, 0.25) is 0 Å². The minimum absolute atomic E-state index is 0.101. The predicted octanol–water partition coefficient (Wildman–Crippen LogP) is 3.43. The predicted molar refractivity (Wildman–Crippen MR) is 94.6 cm³/mol. The Hall–Kier alpha value is -2.82. The molecule has 0 spiro atoms. The SMILES string of the molecule is CCN(CC)C(=O)c1ccccc1NC(=O)c1ccccc1OC. The summed E-state index contributed by atoms with van der Waals surface area (Å²) in [4.78, 5) is 26.9. The molecule has 0 heterocycles. The van der Waals surface area contributed by atoms with E-state index < -0.39 is 0 Å². The lowest BCUT2D eigenvalue weighted by atomic mass is 10.1. The summed E-state index contributed by atoms with van der Waals surface area (Å²) in [6.45, 7) is 5.09. The van der Waals surface area contributed by atoms with E-state index in [0.29, 0.717) is 35.7 Å². The molecule has 1 N–H and O–H groups in total. The molecule has 0 saturated heterocycles. The van der Waals surface area contributed by atoms with Crippen molar-refractivity contribution in [1.82, 2.24) is 4.90 Å². The van der Waals surface area contributed by atoms with Crippen LogP contribution in [-0.4, -0.2) is 36.9 Å². The number of ether oxygens (including phenoxy) is 1. The van der Waals surface area contributed by atoms with Gasteiger partial charge in [0.1, 0.15) is 5.75 Å². The summed E-state index contributed by atoms with van der Waals surface area (Å²) < 4.78 is 5.22. The maximum atomic E-state index is 12.6. The van der Waals surface area contributed by atoms with E-state index in [9.17, 15) is 9.59 Å². The smallest absolute Gasteiger partial charge is 0.259 e. The van der Waals surface area contributed by atoms with E-state index in [1.165, 1.54) is 7.11 Å². The summed E-state index contributed by atoms with van der Waals surface area (Å²) in [5.41, 5.74) is 1.39. The molecule has 5 heteroatoms. The zero-order valence-corrected chi connectivity index (χ0v) is 14.2. The fourth-order valence-electron chi connectivity index (χ4n) is 2.48. The van der Waals surface area contributed by atoms with Gasteiger partial charge in [-0.05, 0) is 38.1 Å². The van der Waals surface area contributed by atoms with Gasteiger partial charge < -0.3 is 15.0 Å². The van der Waals surface area contributed by atoms with Crippen LogP contribution in [0.5, 0.6) is 5.75 Å². The number of para-hydroxylation sites is 2. The van der Waals surface area contributed by atoms with Crippen molar-refractivity contribution in [3.8, 4) is 5.75 Å². The molecule has 0 bridgehead atoms. The number of nitrogens with one attached hydrogen (secondary N) is 1. The molecule has 0 aliphatic carbocycles. The number of rotatable bonds is 6. The van der Waals surface area contributed by atoms with Gasteiger partial charge >= 0.3 is 0 Å². The molecule has 2 rings (SSSR count). The van der Waals surface area contributed by atoms with Crippen molar-refractivity contribution >= 4 is 17.5 Å². The molecule has 0 aliphatic rings. The molecule has 2 aromatic carbocycles. The van der Waals surface area contributed by atoms with E-state index in [-0.39, 0.29) is 11.8 Å². The van der Waals surface area contributed by atoms with Crippen molar-refractivity contribution in [2.75, 3.05) is 25.5 Å². The molecule has 0 unspecified atom stereocenters. The number of hydrogen-bond donors (Lipinski definition) is 1.